The van der Waals surface area contributed by atoms with Crippen LogP contribution in [-0.2, 0) is 6.18 Å². The predicted octanol–water partition coefficient (Wildman–Crippen LogP) is 3.81. The van der Waals surface area contributed by atoms with Crippen molar-refractivity contribution in [3.05, 3.63) is 71.9 Å². The van der Waals surface area contributed by atoms with E-state index >= 15 is 0 Å². The molecule has 1 aliphatic rings. The first-order valence-electron chi connectivity index (χ1n) is 10.2. The summed E-state index contributed by atoms with van der Waals surface area (Å²) in [6.45, 7) is 3.92. The molecule has 8 heteroatoms. The molecule has 1 aliphatic heterocycles. The zero-order valence-electron chi connectivity index (χ0n) is 16.9. The molecule has 2 heterocycles. The maximum absolute atomic E-state index is 12.9. The van der Waals surface area contributed by atoms with Crippen molar-refractivity contribution in [3.63, 3.8) is 0 Å². The summed E-state index contributed by atoms with van der Waals surface area (Å²) >= 11 is 0. The summed E-state index contributed by atoms with van der Waals surface area (Å²) in [5.41, 5.74) is 1.33. The molecule has 3 aromatic rings. The number of alkyl halides is 3. The predicted molar refractivity (Wildman–Crippen MR) is 114 cm³/mol. The molecule has 0 unspecified atom stereocenters. The minimum absolute atomic E-state index is 0.166. The normalized spacial score (nSPS) is 15.3. The van der Waals surface area contributed by atoms with E-state index < -0.39 is 11.7 Å². The van der Waals surface area contributed by atoms with Gasteiger partial charge in [-0.05, 0) is 30.3 Å². The van der Waals surface area contributed by atoms with Crippen LogP contribution >= 0.6 is 0 Å². The number of fused-ring (bicyclic) bond motifs is 1. The lowest BCUT2D eigenvalue weighted by atomic mass is 10.1. The van der Waals surface area contributed by atoms with Crippen LogP contribution in [0.2, 0.25) is 0 Å². The molecule has 1 fully saturated rings. The molecule has 5 nitrogen and oxygen atoms in total. The van der Waals surface area contributed by atoms with Crippen LogP contribution in [-0.4, -0.2) is 55.1 Å². The van der Waals surface area contributed by atoms with Gasteiger partial charge in [-0.15, -0.1) is 0 Å². The molecule has 4 rings (SSSR count). The fraction of sp³-hybridized carbons (Fsp3) is 0.304. The Labute approximate surface area is 178 Å². The van der Waals surface area contributed by atoms with E-state index in [2.05, 4.69) is 15.2 Å². The van der Waals surface area contributed by atoms with Crippen molar-refractivity contribution in [2.24, 2.45) is 0 Å². The van der Waals surface area contributed by atoms with Gasteiger partial charge in [0, 0.05) is 56.5 Å². The first-order chi connectivity index (χ1) is 14.9. The van der Waals surface area contributed by atoms with Gasteiger partial charge in [-0.25, -0.2) is 0 Å². The quantitative estimate of drug-likeness (QED) is 0.672. The fourth-order valence-electron chi connectivity index (χ4n) is 3.73. The third kappa shape index (κ3) is 5.14. The van der Waals surface area contributed by atoms with Gasteiger partial charge in [0.2, 0.25) is 0 Å². The molecule has 0 saturated carbocycles. The number of nitrogens with one attached hydrogen (secondary N) is 1. The number of piperazine rings is 1. The van der Waals surface area contributed by atoms with Gasteiger partial charge >= 0.3 is 6.18 Å². The summed E-state index contributed by atoms with van der Waals surface area (Å²) in [6, 6.07) is 14.9. The third-order valence-corrected chi connectivity index (χ3v) is 5.48. The Morgan fingerprint density at radius 2 is 1.77 bits per heavy atom. The second kappa shape index (κ2) is 8.93. The highest BCUT2D eigenvalue weighted by molar-refractivity contribution is 5.97. The zero-order chi connectivity index (χ0) is 21.8. The van der Waals surface area contributed by atoms with E-state index in [1.165, 1.54) is 12.1 Å². The Balaban J connectivity index is 1.25. The molecule has 1 N–H and O–H groups in total. The number of rotatable bonds is 5. The van der Waals surface area contributed by atoms with Crippen molar-refractivity contribution in [1.82, 2.24) is 15.2 Å². The average Bonchev–Trinajstić information content (AvgIpc) is 2.78. The summed E-state index contributed by atoms with van der Waals surface area (Å²) in [6.07, 6.45) is -2.76. The van der Waals surface area contributed by atoms with Crippen LogP contribution in [0, 0.1) is 0 Å². The lowest BCUT2D eigenvalue weighted by molar-refractivity contribution is -0.137. The summed E-state index contributed by atoms with van der Waals surface area (Å²) in [5, 5.41) is 3.84. The number of amides is 1. The van der Waals surface area contributed by atoms with Crippen molar-refractivity contribution >= 4 is 22.5 Å². The molecule has 2 aromatic carbocycles. The molecule has 1 aromatic heterocycles. The standard InChI is InChI=1S/C23H23F3N4O/c24-23(25,26)19-5-3-6-20(15-19)30-12-10-29(11-13-30)9-8-27-22(31)18-14-17-4-1-2-7-21(17)28-16-18/h1-7,14-16H,8-13H2,(H,27,31). The number of halogens is 3. The second-order valence-electron chi connectivity index (χ2n) is 7.55. The van der Waals surface area contributed by atoms with Crippen LogP contribution in [0.5, 0.6) is 0 Å². The highest BCUT2D eigenvalue weighted by atomic mass is 19.4. The number of para-hydroxylation sites is 1. The van der Waals surface area contributed by atoms with Crippen LogP contribution in [0.3, 0.4) is 0 Å². The molecule has 0 bridgehead atoms. The lowest BCUT2D eigenvalue weighted by Gasteiger charge is -2.36. The smallest absolute Gasteiger partial charge is 0.369 e. The van der Waals surface area contributed by atoms with Gasteiger partial charge in [0.1, 0.15) is 0 Å². The van der Waals surface area contributed by atoms with Gasteiger partial charge in [-0.2, -0.15) is 13.2 Å². The maximum Gasteiger partial charge on any atom is 0.416 e. The van der Waals surface area contributed by atoms with Crippen LogP contribution in [0.25, 0.3) is 10.9 Å². The minimum Gasteiger partial charge on any atom is -0.369 e. The Kier molecular flexibility index (Phi) is 6.08. The van der Waals surface area contributed by atoms with E-state index in [4.69, 9.17) is 0 Å². The van der Waals surface area contributed by atoms with Gasteiger partial charge in [-0.1, -0.05) is 24.3 Å². The monoisotopic (exact) mass is 428 g/mol. The number of carbonyl (C=O) groups excluding carboxylic acids is 1. The van der Waals surface area contributed by atoms with E-state index in [-0.39, 0.29) is 5.91 Å². The Morgan fingerprint density at radius 3 is 2.55 bits per heavy atom. The van der Waals surface area contributed by atoms with Gasteiger partial charge in [0.05, 0.1) is 16.6 Å². The van der Waals surface area contributed by atoms with Crippen LogP contribution in [0.1, 0.15) is 15.9 Å². The van der Waals surface area contributed by atoms with Crippen molar-refractivity contribution in [3.8, 4) is 0 Å². The number of pyridine rings is 1. The maximum atomic E-state index is 12.9. The summed E-state index contributed by atoms with van der Waals surface area (Å²) in [7, 11) is 0. The van der Waals surface area contributed by atoms with Crippen LogP contribution < -0.4 is 10.2 Å². The number of anilines is 1. The summed E-state index contributed by atoms with van der Waals surface area (Å²) in [4.78, 5) is 20.9. The average molecular weight is 428 g/mol. The molecule has 0 spiro atoms. The molecular weight excluding hydrogens is 405 g/mol. The van der Waals surface area contributed by atoms with Crippen molar-refractivity contribution in [2.45, 2.75) is 6.18 Å². The number of aromatic nitrogens is 1. The lowest BCUT2D eigenvalue weighted by Crippen LogP contribution is -2.48. The molecule has 162 valence electrons. The van der Waals surface area contributed by atoms with Crippen LogP contribution in [0.4, 0.5) is 18.9 Å². The number of carbonyl (C=O) groups is 1. The highest BCUT2D eigenvalue weighted by Crippen LogP contribution is 2.31. The fourth-order valence-corrected chi connectivity index (χ4v) is 3.73. The zero-order valence-corrected chi connectivity index (χ0v) is 16.9. The second-order valence-corrected chi connectivity index (χ2v) is 7.55. The van der Waals surface area contributed by atoms with Gasteiger partial charge in [-0.3, -0.25) is 14.7 Å². The first-order valence-corrected chi connectivity index (χ1v) is 10.2. The van der Waals surface area contributed by atoms with Crippen molar-refractivity contribution in [2.75, 3.05) is 44.2 Å². The molecule has 0 radical (unpaired) electrons. The third-order valence-electron chi connectivity index (χ3n) is 5.48. The Morgan fingerprint density at radius 1 is 1.00 bits per heavy atom. The van der Waals surface area contributed by atoms with Gasteiger partial charge in [0.15, 0.2) is 0 Å². The number of hydrogen-bond acceptors (Lipinski definition) is 4. The molecular formula is C23H23F3N4O. The van der Waals surface area contributed by atoms with Crippen molar-refractivity contribution < 1.29 is 18.0 Å². The van der Waals surface area contributed by atoms with Gasteiger partial charge < -0.3 is 10.2 Å². The minimum atomic E-state index is -4.34. The van der Waals surface area contributed by atoms with E-state index in [9.17, 15) is 18.0 Å². The number of nitrogens with zero attached hydrogens (tertiary/aromatic N) is 3. The largest absolute Gasteiger partial charge is 0.416 e. The topological polar surface area (TPSA) is 48.5 Å². The van der Waals surface area contributed by atoms with E-state index in [1.54, 1.807) is 12.3 Å². The van der Waals surface area contributed by atoms with E-state index in [0.717, 1.165) is 30.1 Å². The van der Waals surface area contributed by atoms with E-state index in [0.29, 0.717) is 37.4 Å². The summed E-state index contributed by atoms with van der Waals surface area (Å²) in [5.74, 6) is -0.166. The number of hydrogen-bond donors (Lipinski definition) is 1. The van der Waals surface area contributed by atoms with E-state index in [1.807, 2.05) is 35.2 Å². The van der Waals surface area contributed by atoms with Crippen LogP contribution in [0.15, 0.2) is 60.8 Å². The Bertz CT molecular complexity index is 1060. The summed E-state index contributed by atoms with van der Waals surface area (Å²) < 4.78 is 38.8. The first kappa shape index (κ1) is 21.1. The molecule has 31 heavy (non-hydrogen) atoms. The molecule has 0 aliphatic carbocycles. The highest BCUT2D eigenvalue weighted by Gasteiger charge is 2.31. The molecule has 0 atom stereocenters. The SMILES string of the molecule is O=C(NCCN1CCN(c2cccc(C(F)(F)F)c2)CC1)c1cnc2ccccc2c1. The van der Waals surface area contributed by atoms with Crippen molar-refractivity contribution in [1.29, 1.82) is 0 Å². The van der Waals surface area contributed by atoms with Gasteiger partial charge in [0.25, 0.3) is 5.91 Å². The molecule has 1 amide bonds. The number of benzene rings is 2. The Hall–Kier alpha value is -3.13. The molecule has 1 saturated heterocycles.